The third kappa shape index (κ3) is 2.98. The smallest absolute Gasteiger partial charge is 0.135 e. The summed E-state index contributed by atoms with van der Waals surface area (Å²) in [5.41, 5.74) is 3.11. The summed E-state index contributed by atoms with van der Waals surface area (Å²) in [6.45, 7) is 1.88. The molecule has 2 fully saturated rings. The fourth-order valence-corrected chi connectivity index (χ4v) is 4.79. The first kappa shape index (κ1) is 17.9. The number of fused-ring (bicyclic) bond motifs is 1. The van der Waals surface area contributed by atoms with Crippen LogP contribution < -0.4 is 4.90 Å². The molecule has 4 aromatic rings. The molecule has 1 aliphatic carbocycles. The second-order valence-electron chi connectivity index (χ2n) is 8.39. The van der Waals surface area contributed by atoms with Crippen molar-refractivity contribution in [2.75, 3.05) is 18.0 Å². The van der Waals surface area contributed by atoms with Crippen LogP contribution in [0.2, 0.25) is 5.02 Å². The van der Waals surface area contributed by atoms with Crippen molar-refractivity contribution in [2.24, 2.45) is 7.05 Å². The summed E-state index contributed by atoms with van der Waals surface area (Å²) >= 11 is 6.69. The molecule has 1 aromatic carbocycles. The number of hydrogen-bond donors (Lipinski definition) is 0. The SMILES string of the molecule is Cn1cnnc1C1CCN(c2cc3c(cnn3-c3cnn(C4CC4)c3)cc2Cl)CC1. The van der Waals surface area contributed by atoms with Crippen LogP contribution in [0.15, 0.2) is 37.1 Å². The van der Waals surface area contributed by atoms with E-state index >= 15 is 0 Å². The Bertz CT molecular complexity index is 1210. The van der Waals surface area contributed by atoms with E-state index in [1.165, 1.54) is 12.8 Å². The van der Waals surface area contributed by atoms with E-state index in [4.69, 9.17) is 11.6 Å². The van der Waals surface area contributed by atoms with Gasteiger partial charge in [0.25, 0.3) is 0 Å². The highest BCUT2D eigenvalue weighted by Crippen LogP contribution is 2.37. The van der Waals surface area contributed by atoms with E-state index in [0.717, 1.165) is 59.1 Å². The van der Waals surface area contributed by atoms with Gasteiger partial charge in [0.2, 0.25) is 0 Å². The molecule has 8 nitrogen and oxygen atoms in total. The Morgan fingerprint density at radius 3 is 2.60 bits per heavy atom. The average molecular weight is 423 g/mol. The summed E-state index contributed by atoms with van der Waals surface area (Å²) in [6.07, 6.45) is 12.1. The maximum atomic E-state index is 6.69. The summed E-state index contributed by atoms with van der Waals surface area (Å²) in [4.78, 5) is 2.37. The molecule has 30 heavy (non-hydrogen) atoms. The lowest BCUT2D eigenvalue weighted by Crippen LogP contribution is -2.33. The minimum Gasteiger partial charge on any atom is -0.370 e. The van der Waals surface area contributed by atoms with Crippen molar-refractivity contribution >= 4 is 28.2 Å². The highest BCUT2D eigenvalue weighted by atomic mass is 35.5. The molecule has 0 bridgehead atoms. The van der Waals surface area contributed by atoms with Gasteiger partial charge >= 0.3 is 0 Å². The van der Waals surface area contributed by atoms with Gasteiger partial charge in [-0.15, -0.1) is 10.2 Å². The maximum absolute atomic E-state index is 6.69. The van der Waals surface area contributed by atoms with E-state index in [9.17, 15) is 0 Å². The maximum Gasteiger partial charge on any atom is 0.135 e. The molecule has 9 heteroatoms. The van der Waals surface area contributed by atoms with Gasteiger partial charge in [0.1, 0.15) is 17.8 Å². The number of piperidine rings is 1. The van der Waals surface area contributed by atoms with Crippen molar-refractivity contribution in [3.8, 4) is 5.69 Å². The third-order valence-corrected chi connectivity index (χ3v) is 6.64. The molecule has 0 N–H and O–H groups in total. The molecule has 3 aromatic heterocycles. The van der Waals surface area contributed by atoms with Crippen molar-refractivity contribution in [1.82, 2.24) is 34.3 Å². The largest absolute Gasteiger partial charge is 0.370 e. The average Bonchev–Trinajstić information content (AvgIpc) is 3.14. The normalized spacial score (nSPS) is 17.9. The van der Waals surface area contributed by atoms with Gasteiger partial charge in [-0.1, -0.05) is 11.6 Å². The number of nitrogens with zero attached hydrogens (tertiary/aromatic N) is 8. The van der Waals surface area contributed by atoms with Crippen LogP contribution >= 0.6 is 11.6 Å². The zero-order valence-corrected chi connectivity index (χ0v) is 17.6. The second-order valence-corrected chi connectivity index (χ2v) is 8.80. The summed E-state index contributed by atoms with van der Waals surface area (Å²) in [5.74, 6) is 1.51. The van der Waals surface area contributed by atoms with Crippen LogP contribution in [0.1, 0.15) is 43.5 Å². The molecule has 0 radical (unpaired) electrons. The zero-order chi connectivity index (χ0) is 20.2. The lowest BCUT2D eigenvalue weighted by atomic mass is 9.95. The van der Waals surface area contributed by atoms with Gasteiger partial charge in [-0.2, -0.15) is 10.2 Å². The van der Waals surface area contributed by atoms with Crippen molar-refractivity contribution < 1.29 is 0 Å². The quantitative estimate of drug-likeness (QED) is 0.501. The molecule has 154 valence electrons. The molecule has 0 spiro atoms. The van der Waals surface area contributed by atoms with Crippen LogP contribution in [0.4, 0.5) is 5.69 Å². The zero-order valence-electron chi connectivity index (χ0n) is 16.8. The van der Waals surface area contributed by atoms with E-state index in [0.29, 0.717) is 12.0 Å². The molecule has 1 saturated carbocycles. The fraction of sp³-hybridized carbons (Fsp3) is 0.429. The Morgan fingerprint density at radius 1 is 1.03 bits per heavy atom. The number of halogens is 1. The monoisotopic (exact) mass is 422 g/mol. The topological polar surface area (TPSA) is 69.6 Å². The first-order valence-corrected chi connectivity index (χ1v) is 10.9. The van der Waals surface area contributed by atoms with E-state index in [1.54, 1.807) is 6.33 Å². The Kier molecular flexibility index (Phi) is 4.09. The highest BCUT2D eigenvalue weighted by molar-refractivity contribution is 6.34. The van der Waals surface area contributed by atoms with Crippen LogP contribution in [-0.2, 0) is 7.05 Å². The summed E-state index contributed by atoms with van der Waals surface area (Å²) in [6, 6.07) is 4.75. The van der Waals surface area contributed by atoms with E-state index < -0.39 is 0 Å². The highest BCUT2D eigenvalue weighted by Gasteiger charge is 2.26. The molecule has 0 unspecified atom stereocenters. The molecule has 1 saturated heterocycles. The Labute approximate surface area is 179 Å². The summed E-state index contributed by atoms with van der Waals surface area (Å²) < 4.78 is 6.05. The molecule has 0 atom stereocenters. The first-order valence-electron chi connectivity index (χ1n) is 10.5. The first-order chi connectivity index (χ1) is 14.7. The summed E-state index contributed by atoms with van der Waals surface area (Å²) in [5, 5.41) is 19.3. The standard InChI is InChI=1S/C21H23ClN8/c1-27-13-23-26-21(27)14-4-6-28(7-5-14)20-9-19-15(8-18(20)22)10-25-30(19)17-11-24-29(12-17)16-2-3-16/h8-14,16H,2-7H2,1H3. The van der Waals surface area contributed by atoms with Crippen LogP contribution in [0.3, 0.4) is 0 Å². The van der Waals surface area contributed by atoms with Crippen LogP contribution in [0.25, 0.3) is 16.6 Å². The number of benzene rings is 1. The van der Waals surface area contributed by atoms with Crippen LogP contribution in [-0.4, -0.2) is 47.4 Å². The van der Waals surface area contributed by atoms with Gasteiger partial charge in [-0.05, 0) is 37.8 Å². The molecule has 0 amide bonds. The number of anilines is 1. The van der Waals surface area contributed by atoms with E-state index in [2.05, 4.69) is 42.2 Å². The molecule has 2 aliphatic rings. The van der Waals surface area contributed by atoms with Crippen LogP contribution in [0, 0.1) is 0 Å². The molecular weight excluding hydrogens is 400 g/mol. The summed E-state index contributed by atoms with van der Waals surface area (Å²) in [7, 11) is 2.01. The van der Waals surface area contributed by atoms with Gasteiger partial charge in [0.05, 0.1) is 40.9 Å². The lowest BCUT2D eigenvalue weighted by molar-refractivity contribution is 0.474. The van der Waals surface area contributed by atoms with Gasteiger partial charge in [0, 0.05) is 31.4 Å². The molecule has 6 rings (SSSR count). The number of rotatable bonds is 4. The van der Waals surface area contributed by atoms with Crippen molar-refractivity contribution in [2.45, 2.75) is 37.6 Å². The number of aryl methyl sites for hydroxylation is 1. The second kappa shape index (κ2) is 6.84. The predicted molar refractivity (Wildman–Crippen MR) is 115 cm³/mol. The van der Waals surface area contributed by atoms with Gasteiger partial charge in [0.15, 0.2) is 0 Å². The lowest BCUT2D eigenvalue weighted by Gasteiger charge is -2.33. The van der Waals surface area contributed by atoms with Crippen LogP contribution in [0.5, 0.6) is 0 Å². The van der Waals surface area contributed by atoms with Crippen molar-refractivity contribution in [3.63, 3.8) is 0 Å². The molecule has 4 heterocycles. The predicted octanol–water partition coefficient (Wildman–Crippen LogP) is 3.72. The minimum atomic E-state index is 0.440. The minimum absolute atomic E-state index is 0.440. The van der Waals surface area contributed by atoms with Gasteiger partial charge in [-0.3, -0.25) is 4.68 Å². The van der Waals surface area contributed by atoms with Gasteiger partial charge in [-0.25, -0.2) is 4.68 Å². The fourth-order valence-electron chi connectivity index (χ4n) is 4.50. The van der Waals surface area contributed by atoms with Crippen molar-refractivity contribution in [1.29, 1.82) is 0 Å². The number of aromatic nitrogens is 7. The molecule has 1 aliphatic heterocycles. The third-order valence-electron chi connectivity index (χ3n) is 6.34. The van der Waals surface area contributed by atoms with Crippen molar-refractivity contribution in [3.05, 3.63) is 47.9 Å². The Hall–Kier alpha value is -2.87. The number of hydrogen-bond acceptors (Lipinski definition) is 5. The Morgan fingerprint density at radius 2 is 1.87 bits per heavy atom. The van der Waals surface area contributed by atoms with E-state index in [1.807, 2.05) is 34.8 Å². The van der Waals surface area contributed by atoms with E-state index in [-0.39, 0.29) is 0 Å². The van der Waals surface area contributed by atoms with Gasteiger partial charge < -0.3 is 9.47 Å². The Balaban J connectivity index is 1.29. The molecular formula is C21H23ClN8.